The Hall–Kier alpha value is -3.58. The zero-order valence-corrected chi connectivity index (χ0v) is 16.3. The normalized spacial score (nSPS) is 17.3. The van der Waals surface area contributed by atoms with Crippen LogP contribution in [-0.2, 0) is 15.1 Å². The van der Waals surface area contributed by atoms with Crippen LogP contribution < -0.4 is 10.6 Å². The number of nitrogens with one attached hydrogen (secondary N) is 2. The van der Waals surface area contributed by atoms with Gasteiger partial charge in [-0.1, -0.05) is 41.9 Å². The Morgan fingerprint density at radius 2 is 1.83 bits per heavy atom. The van der Waals surface area contributed by atoms with Gasteiger partial charge >= 0.3 is 12.2 Å². The van der Waals surface area contributed by atoms with E-state index in [-0.39, 0.29) is 6.61 Å². The minimum absolute atomic E-state index is 0.301. The monoisotopic (exact) mass is 426 g/mol. The van der Waals surface area contributed by atoms with Crippen LogP contribution in [0.15, 0.2) is 72.8 Å². The summed E-state index contributed by atoms with van der Waals surface area (Å²) in [6.07, 6.45) is -1.47. The molecule has 1 aliphatic heterocycles. The largest absolute Gasteiger partial charge is 0.444 e. The molecule has 30 heavy (non-hydrogen) atoms. The number of benzene rings is 3. The molecule has 152 valence electrons. The highest BCUT2D eigenvalue weighted by molar-refractivity contribution is 6.30. The highest BCUT2D eigenvalue weighted by atomic mass is 35.5. The van der Waals surface area contributed by atoms with E-state index in [0.717, 1.165) is 0 Å². The zero-order chi connectivity index (χ0) is 21.1. The molecule has 1 unspecified atom stereocenters. The van der Waals surface area contributed by atoms with Crippen molar-refractivity contribution in [2.75, 3.05) is 17.2 Å². The second-order valence-corrected chi connectivity index (χ2v) is 7.04. The van der Waals surface area contributed by atoms with Crippen LogP contribution >= 0.6 is 11.6 Å². The Morgan fingerprint density at radius 3 is 2.57 bits per heavy atom. The third kappa shape index (κ3) is 3.92. The third-order valence-corrected chi connectivity index (χ3v) is 4.89. The lowest BCUT2D eigenvalue weighted by Gasteiger charge is -2.38. The number of fused-ring (bicyclic) bond motifs is 1. The van der Waals surface area contributed by atoms with E-state index >= 15 is 0 Å². The Labute approximate surface area is 176 Å². The van der Waals surface area contributed by atoms with Crippen LogP contribution in [0.2, 0.25) is 5.02 Å². The molecule has 3 aromatic rings. The van der Waals surface area contributed by atoms with Crippen molar-refractivity contribution in [3.8, 4) is 0 Å². The SMILES string of the molecule is O=C(Nc1ccc(F)cc1)OCC1(c2ccccc2)OC(=O)Nc2ccc(Cl)cc21. The molecule has 0 radical (unpaired) electrons. The number of amides is 2. The number of anilines is 2. The van der Waals surface area contributed by atoms with Crippen LogP contribution in [0.1, 0.15) is 11.1 Å². The highest BCUT2D eigenvalue weighted by Gasteiger charge is 2.45. The van der Waals surface area contributed by atoms with Gasteiger partial charge in [-0.15, -0.1) is 0 Å². The van der Waals surface area contributed by atoms with Gasteiger partial charge in [-0.25, -0.2) is 14.0 Å². The number of carbonyl (C=O) groups excluding carboxylic acids is 2. The molecular weight excluding hydrogens is 411 g/mol. The van der Waals surface area contributed by atoms with E-state index in [4.69, 9.17) is 21.1 Å². The van der Waals surface area contributed by atoms with E-state index in [0.29, 0.717) is 27.5 Å². The number of halogens is 2. The number of carbonyl (C=O) groups is 2. The predicted molar refractivity (Wildman–Crippen MR) is 110 cm³/mol. The maximum Gasteiger partial charge on any atom is 0.413 e. The maximum absolute atomic E-state index is 13.1. The molecule has 2 N–H and O–H groups in total. The van der Waals surface area contributed by atoms with Crippen molar-refractivity contribution in [3.05, 3.63) is 94.8 Å². The molecule has 0 spiro atoms. The number of rotatable bonds is 4. The Balaban J connectivity index is 1.66. The summed E-state index contributed by atoms with van der Waals surface area (Å²) in [5, 5.41) is 5.58. The minimum atomic E-state index is -1.40. The number of cyclic esters (lactones) is 1. The lowest BCUT2D eigenvalue weighted by Crippen LogP contribution is -2.44. The average molecular weight is 427 g/mol. The van der Waals surface area contributed by atoms with Gasteiger partial charge in [-0.05, 0) is 42.5 Å². The third-order valence-electron chi connectivity index (χ3n) is 4.66. The molecule has 3 aromatic carbocycles. The Bertz CT molecular complexity index is 1090. The van der Waals surface area contributed by atoms with Gasteiger partial charge in [0.15, 0.2) is 5.60 Å². The van der Waals surface area contributed by atoms with Gasteiger partial charge in [0.25, 0.3) is 0 Å². The second-order valence-electron chi connectivity index (χ2n) is 6.61. The molecule has 1 heterocycles. The van der Waals surface area contributed by atoms with E-state index in [1.165, 1.54) is 24.3 Å². The molecule has 4 rings (SSSR count). The summed E-state index contributed by atoms with van der Waals surface area (Å²) in [5.74, 6) is -0.424. The fraction of sp³-hybridized carbons (Fsp3) is 0.0909. The summed E-state index contributed by atoms with van der Waals surface area (Å²) in [6, 6.07) is 19.1. The van der Waals surface area contributed by atoms with Gasteiger partial charge in [0.1, 0.15) is 12.4 Å². The first-order chi connectivity index (χ1) is 14.5. The van der Waals surface area contributed by atoms with Gasteiger partial charge < -0.3 is 9.47 Å². The summed E-state index contributed by atoms with van der Waals surface area (Å²) in [4.78, 5) is 24.7. The van der Waals surface area contributed by atoms with E-state index < -0.39 is 23.6 Å². The van der Waals surface area contributed by atoms with Crippen molar-refractivity contribution in [1.82, 2.24) is 0 Å². The van der Waals surface area contributed by atoms with Gasteiger partial charge in [0.2, 0.25) is 0 Å². The molecule has 0 bridgehead atoms. The molecule has 1 aliphatic rings. The van der Waals surface area contributed by atoms with Gasteiger partial charge in [0, 0.05) is 21.8 Å². The first-order valence-corrected chi connectivity index (χ1v) is 9.39. The summed E-state index contributed by atoms with van der Waals surface area (Å²) in [7, 11) is 0. The molecular formula is C22H16ClFN2O4. The van der Waals surface area contributed by atoms with Crippen molar-refractivity contribution in [3.63, 3.8) is 0 Å². The molecule has 0 aliphatic carbocycles. The minimum Gasteiger partial charge on any atom is -0.444 e. The summed E-state index contributed by atoms with van der Waals surface area (Å²) < 4.78 is 24.2. The number of ether oxygens (including phenoxy) is 2. The van der Waals surface area contributed by atoms with Crippen LogP contribution in [0.3, 0.4) is 0 Å². The topological polar surface area (TPSA) is 76.7 Å². The molecule has 8 heteroatoms. The molecule has 0 saturated heterocycles. The second kappa shape index (κ2) is 8.04. The average Bonchev–Trinajstić information content (AvgIpc) is 2.75. The number of hydrogen-bond acceptors (Lipinski definition) is 4. The van der Waals surface area contributed by atoms with Crippen LogP contribution in [0.5, 0.6) is 0 Å². The van der Waals surface area contributed by atoms with Crippen molar-refractivity contribution >= 4 is 35.2 Å². The van der Waals surface area contributed by atoms with Crippen LogP contribution in [0.4, 0.5) is 25.4 Å². The summed E-state index contributed by atoms with van der Waals surface area (Å²) in [6.45, 7) is -0.301. The lowest BCUT2D eigenvalue weighted by atomic mass is 9.84. The first kappa shape index (κ1) is 19.7. The fourth-order valence-corrected chi connectivity index (χ4v) is 3.45. The molecule has 1 atom stereocenters. The Morgan fingerprint density at radius 1 is 1.10 bits per heavy atom. The summed E-state index contributed by atoms with van der Waals surface area (Å²) >= 11 is 6.19. The van der Waals surface area contributed by atoms with Crippen molar-refractivity contribution in [2.45, 2.75) is 5.60 Å². The van der Waals surface area contributed by atoms with Crippen LogP contribution in [0.25, 0.3) is 0 Å². The van der Waals surface area contributed by atoms with E-state index in [2.05, 4.69) is 10.6 Å². The van der Waals surface area contributed by atoms with Crippen LogP contribution in [-0.4, -0.2) is 18.8 Å². The molecule has 0 aromatic heterocycles. The van der Waals surface area contributed by atoms with Gasteiger partial charge in [0.05, 0.1) is 5.69 Å². The maximum atomic E-state index is 13.1. The lowest BCUT2D eigenvalue weighted by molar-refractivity contribution is -0.00616. The van der Waals surface area contributed by atoms with Gasteiger partial charge in [-0.3, -0.25) is 10.6 Å². The van der Waals surface area contributed by atoms with E-state index in [9.17, 15) is 14.0 Å². The van der Waals surface area contributed by atoms with E-state index in [1.54, 1.807) is 42.5 Å². The quantitative estimate of drug-likeness (QED) is 0.574. The molecule has 6 nitrogen and oxygen atoms in total. The van der Waals surface area contributed by atoms with Crippen molar-refractivity contribution in [1.29, 1.82) is 0 Å². The zero-order valence-electron chi connectivity index (χ0n) is 15.5. The fourth-order valence-electron chi connectivity index (χ4n) is 3.27. The van der Waals surface area contributed by atoms with Crippen molar-refractivity contribution < 1.29 is 23.5 Å². The standard InChI is InChI=1S/C22H16ClFN2O4/c23-15-6-11-19-18(12-15)22(30-21(28)26-19,14-4-2-1-3-5-14)13-29-20(27)25-17-9-7-16(24)8-10-17/h1-12H,13H2,(H,25,27)(H,26,28). The van der Waals surface area contributed by atoms with Crippen LogP contribution in [0, 0.1) is 5.82 Å². The smallest absolute Gasteiger partial charge is 0.413 e. The summed E-state index contributed by atoms with van der Waals surface area (Å²) in [5.41, 5.74) is 0.625. The highest BCUT2D eigenvalue weighted by Crippen LogP contribution is 2.42. The Kier molecular flexibility index (Phi) is 5.29. The first-order valence-electron chi connectivity index (χ1n) is 9.01. The van der Waals surface area contributed by atoms with E-state index in [1.807, 2.05) is 6.07 Å². The molecule has 0 saturated carbocycles. The molecule has 2 amide bonds. The number of hydrogen-bond donors (Lipinski definition) is 2. The van der Waals surface area contributed by atoms with Gasteiger partial charge in [-0.2, -0.15) is 0 Å². The molecule has 0 fully saturated rings. The van der Waals surface area contributed by atoms with Crippen molar-refractivity contribution in [2.24, 2.45) is 0 Å². The predicted octanol–water partition coefficient (Wildman–Crippen LogP) is 5.53.